The lowest BCUT2D eigenvalue weighted by Crippen LogP contribution is -2.19. The van der Waals surface area contributed by atoms with Gasteiger partial charge < -0.3 is 15.5 Å². The Morgan fingerprint density at radius 1 is 1.24 bits per heavy atom. The fraction of sp³-hybridized carbons (Fsp3) is 0.238. The van der Waals surface area contributed by atoms with Crippen molar-refractivity contribution in [1.82, 2.24) is 0 Å². The topological polar surface area (TPSA) is 85.3 Å². The van der Waals surface area contributed by atoms with Crippen LogP contribution in [0.25, 0.3) is 11.3 Å². The van der Waals surface area contributed by atoms with Crippen molar-refractivity contribution in [1.29, 1.82) is 0 Å². The summed E-state index contributed by atoms with van der Waals surface area (Å²) in [6.45, 7) is 2.18. The second-order valence-corrected chi connectivity index (χ2v) is 9.11. The first-order valence-corrected chi connectivity index (χ1v) is 10.7. The highest BCUT2D eigenvalue weighted by atomic mass is 35.5. The Hall–Kier alpha value is -2.28. The first-order chi connectivity index (χ1) is 13.8. The van der Waals surface area contributed by atoms with Crippen molar-refractivity contribution < 1.29 is 14.0 Å². The highest BCUT2D eigenvalue weighted by Crippen LogP contribution is 2.40. The van der Waals surface area contributed by atoms with Crippen molar-refractivity contribution in [2.24, 2.45) is 11.7 Å². The minimum Gasteiger partial charge on any atom is -0.451 e. The summed E-state index contributed by atoms with van der Waals surface area (Å²) < 4.78 is 5.69. The SMILES string of the molecule is C[C@H]1CCc2c(sc(NC(=O)c3ccc(-c4ccc(Cl)cc4Cl)o3)c2C(N)=O)C1. The molecule has 5 nitrogen and oxygen atoms in total. The number of amides is 2. The van der Waals surface area contributed by atoms with Gasteiger partial charge in [-0.2, -0.15) is 0 Å². The minimum absolute atomic E-state index is 0.112. The van der Waals surface area contributed by atoms with Crippen LogP contribution in [0.4, 0.5) is 5.00 Å². The number of halogens is 2. The monoisotopic (exact) mass is 448 g/mol. The molecule has 0 fully saturated rings. The van der Waals surface area contributed by atoms with E-state index in [0.717, 1.165) is 29.7 Å². The van der Waals surface area contributed by atoms with Crippen LogP contribution in [0.2, 0.25) is 10.0 Å². The molecule has 3 aromatic rings. The molecule has 0 aliphatic heterocycles. The standard InChI is InChI=1S/C21H18Cl2N2O3S/c1-10-2-4-13-17(8-10)29-21(18(13)19(24)26)25-20(27)16-7-6-15(28-16)12-5-3-11(22)9-14(12)23/h3,5-7,9-10H,2,4,8H2,1H3,(H2,24,26)(H,25,27)/t10-/m0/s1. The molecule has 0 unspecified atom stereocenters. The molecule has 1 atom stereocenters. The van der Waals surface area contributed by atoms with E-state index in [2.05, 4.69) is 12.2 Å². The molecule has 0 spiro atoms. The largest absolute Gasteiger partial charge is 0.451 e. The number of rotatable bonds is 4. The van der Waals surface area contributed by atoms with Crippen molar-refractivity contribution in [2.45, 2.75) is 26.2 Å². The molecule has 1 aliphatic rings. The van der Waals surface area contributed by atoms with E-state index in [0.29, 0.717) is 37.9 Å². The van der Waals surface area contributed by atoms with Crippen molar-refractivity contribution in [3.8, 4) is 11.3 Å². The van der Waals surface area contributed by atoms with E-state index in [1.807, 2.05) is 0 Å². The summed E-state index contributed by atoms with van der Waals surface area (Å²) in [5.41, 5.74) is 7.62. The molecule has 1 aromatic carbocycles. The fourth-order valence-electron chi connectivity index (χ4n) is 3.56. The van der Waals surface area contributed by atoms with Gasteiger partial charge in [0.05, 0.1) is 10.6 Å². The van der Waals surface area contributed by atoms with E-state index in [4.69, 9.17) is 33.4 Å². The number of benzene rings is 1. The molecule has 2 amide bonds. The van der Waals surface area contributed by atoms with E-state index < -0.39 is 11.8 Å². The number of carbonyl (C=O) groups excluding carboxylic acids is 2. The van der Waals surface area contributed by atoms with Crippen LogP contribution in [0.15, 0.2) is 34.7 Å². The van der Waals surface area contributed by atoms with Crippen molar-refractivity contribution >= 4 is 51.4 Å². The third-order valence-corrected chi connectivity index (χ3v) is 6.73. The predicted molar refractivity (Wildman–Crippen MR) is 116 cm³/mol. The molecule has 0 bridgehead atoms. The van der Waals surface area contributed by atoms with Gasteiger partial charge in [0.15, 0.2) is 5.76 Å². The number of hydrogen-bond donors (Lipinski definition) is 2. The van der Waals surface area contributed by atoms with Gasteiger partial charge in [-0.25, -0.2) is 0 Å². The molecule has 8 heteroatoms. The third kappa shape index (κ3) is 3.92. The van der Waals surface area contributed by atoms with Gasteiger partial charge in [-0.15, -0.1) is 11.3 Å². The van der Waals surface area contributed by atoms with Crippen molar-refractivity contribution in [3.63, 3.8) is 0 Å². The molecule has 2 aromatic heterocycles. The van der Waals surface area contributed by atoms with Crippen molar-refractivity contribution in [2.75, 3.05) is 5.32 Å². The van der Waals surface area contributed by atoms with Crippen LogP contribution < -0.4 is 11.1 Å². The van der Waals surface area contributed by atoms with Gasteiger partial charge in [-0.3, -0.25) is 9.59 Å². The molecule has 0 saturated heterocycles. The van der Waals surface area contributed by atoms with E-state index in [9.17, 15) is 9.59 Å². The van der Waals surface area contributed by atoms with Gasteiger partial charge in [-0.05, 0) is 61.1 Å². The maximum atomic E-state index is 12.7. The highest BCUT2D eigenvalue weighted by molar-refractivity contribution is 7.17. The summed E-state index contributed by atoms with van der Waals surface area (Å²) in [5.74, 6) is 0.130. The average Bonchev–Trinajstić information content (AvgIpc) is 3.25. The normalized spacial score (nSPS) is 15.8. The quantitative estimate of drug-likeness (QED) is 0.529. The maximum Gasteiger partial charge on any atom is 0.292 e. The number of anilines is 1. The Kier molecular flexibility index (Phi) is 5.42. The summed E-state index contributed by atoms with van der Waals surface area (Å²) in [6, 6.07) is 8.26. The smallest absolute Gasteiger partial charge is 0.292 e. The molecule has 0 saturated carbocycles. The van der Waals surface area contributed by atoms with Crippen molar-refractivity contribution in [3.05, 3.63) is 62.1 Å². The van der Waals surface area contributed by atoms with E-state index in [-0.39, 0.29) is 5.76 Å². The lowest BCUT2D eigenvalue weighted by molar-refractivity contribution is 0.0997. The third-order valence-electron chi connectivity index (χ3n) is 5.01. The molecule has 4 rings (SSSR count). The summed E-state index contributed by atoms with van der Waals surface area (Å²) in [7, 11) is 0. The van der Waals surface area contributed by atoms with Gasteiger partial charge in [0.2, 0.25) is 0 Å². The number of furan rings is 1. The number of nitrogens with one attached hydrogen (secondary N) is 1. The Bertz CT molecular complexity index is 1120. The zero-order chi connectivity index (χ0) is 20.7. The maximum absolute atomic E-state index is 12.7. The lowest BCUT2D eigenvalue weighted by atomic mass is 9.88. The van der Waals surface area contributed by atoms with Gasteiger partial charge in [0.1, 0.15) is 10.8 Å². The van der Waals surface area contributed by atoms with Gasteiger partial charge in [0, 0.05) is 15.5 Å². The zero-order valence-corrected chi connectivity index (χ0v) is 17.9. The number of fused-ring (bicyclic) bond motifs is 1. The Labute approximate surface area is 181 Å². The van der Waals surface area contributed by atoms with E-state index in [1.165, 1.54) is 11.3 Å². The van der Waals surface area contributed by atoms with Gasteiger partial charge >= 0.3 is 0 Å². The molecule has 29 heavy (non-hydrogen) atoms. The minimum atomic E-state index is -0.527. The lowest BCUT2D eigenvalue weighted by Gasteiger charge is -2.18. The molecule has 150 valence electrons. The van der Waals surface area contributed by atoms with Crippen LogP contribution in [-0.4, -0.2) is 11.8 Å². The average molecular weight is 449 g/mol. The second kappa shape index (κ2) is 7.86. The first-order valence-electron chi connectivity index (χ1n) is 9.14. The van der Waals surface area contributed by atoms with Crippen LogP contribution >= 0.6 is 34.5 Å². The highest BCUT2D eigenvalue weighted by Gasteiger charge is 2.28. The number of hydrogen-bond acceptors (Lipinski definition) is 4. The summed E-state index contributed by atoms with van der Waals surface area (Å²) in [5, 5.41) is 4.21. The first kappa shape index (κ1) is 20.0. The van der Waals surface area contributed by atoms with E-state index >= 15 is 0 Å². The van der Waals surface area contributed by atoms with Crippen LogP contribution in [0.5, 0.6) is 0 Å². The van der Waals surface area contributed by atoms with Gasteiger partial charge in [0.25, 0.3) is 11.8 Å². The molecular formula is C21H18Cl2N2O3S. The number of thiophene rings is 1. The molecule has 0 radical (unpaired) electrons. The van der Waals surface area contributed by atoms with Crippen LogP contribution in [0.1, 0.15) is 44.7 Å². The second-order valence-electron chi connectivity index (χ2n) is 7.16. The van der Waals surface area contributed by atoms with E-state index in [1.54, 1.807) is 30.3 Å². The number of carbonyl (C=O) groups is 2. The molecule has 1 aliphatic carbocycles. The molecule has 2 heterocycles. The molecule has 3 N–H and O–H groups in total. The summed E-state index contributed by atoms with van der Waals surface area (Å²) in [4.78, 5) is 25.9. The number of primary amides is 1. The Morgan fingerprint density at radius 2 is 2.03 bits per heavy atom. The fourth-order valence-corrected chi connectivity index (χ4v) is 5.47. The molecular weight excluding hydrogens is 431 g/mol. The Morgan fingerprint density at radius 3 is 2.76 bits per heavy atom. The van der Waals surface area contributed by atoms with Crippen LogP contribution in [0.3, 0.4) is 0 Å². The summed E-state index contributed by atoms with van der Waals surface area (Å²) in [6.07, 6.45) is 2.68. The predicted octanol–water partition coefficient (Wildman–Crippen LogP) is 5.79. The Balaban J connectivity index is 1.61. The van der Waals surface area contributed by atoms with Crippen LogP contribution in [0, 0.1) is 5.92 Å². The summed E-state index contributed by atoms with van der Waals surface area (Å²) >= 11 is 13.6. The zero-order valence-electron chi connectivity index (χ0n) is 15.6. The number of nitrogens with two attached hydrogens (primary N) is 1. The van der Waals surface area contributed by atoms with Crippen LogP contribution in [-0.2, 0) is 12.8 Å². The van der Waals surface area contributed by atoms with Gasteiger partial charge in [-0.1, -0.05) is 30.1 Å².